The van der Waals surface area contributed by atoms with Crippen LogP contribution in [0.4, 0.5) is 0 Å². The maximum Gasteiger partial charge on any atom is 0.348 e. The van der Waals surface area contributed by atoms with E-state index in [0.717, 1.165) is 37.5 Å². The zero-order valence-corrected chi connectivity index (χ0v) is 22.7. The molecule has 6 heteroatoms. The quantitative estimate of drug-likeness (QED) is 0.282. The highest BCUT2D eigenvalue weighted by Gasteiger charge is 2.57. The molecule has 5 rings (SSSR count). The fraction of sp³-hybridized carbons (Fsp3) is 0.897. The number of ether oxygens (including phenoxy) is 3. The Morgan fingerprint density at radius 3 is 2.20 bits per heavy atom. The van der Waals surface area contributed by atoms with Crippen molar-refractivity contribution >= 4 is 17.9 Å². The van der Waals surface area contributed by atoms with Gasteiger partial charge in [-0.1, -0.05) is 40.5 Å². The van der Waals surface area contributed by atoms with Gasteiger partial charge in [-0.3, -0.25) is 9.59 Å². The van der Waals surface area contributed by atoms with Gasteiger partial charge in [0.2, 0.25) is 6.10 Å². The third kappa shape index (κ3) is 5.27. The monoisotopic (exact) mass is 490 g/mol. The van der Waals surface area contributed by atoms with E-state index in [1.807, 2.05) is 27.7 Å². The van der Waals surface area contributed by atoms with Gasteiger partial charge in [-0.2, -0.15) is 0 Å². The molecule has 5 aliphatic rings. The fourth-order valence-corrected chi connectivity index (χ4v) is 7.37. The van der Waals surface area contributed by atoms with Crippen LogP contribution in [0.3, 0.4) is 0 Å². The van der Waals surface area contributed by atoms with Gasteiger partial charge in [0.15, 0.2) is 0 Å². The summed E-state index contributed by atoms with van der Waals surface area (Å²) in [6.07, 6.45) is 8.89. The zero-order chi connectivity index (χ0) is 25.6. The van der Waals surface area contributed by atoms with Gasteiger partial charge in [-0.25, -0.2) is 4.79 Å². The van der Waals surface area contributed by atoms with Crippen molar-refractivity contribution in [1.29, 1.82) is 0 Å². The summed E-state index contributed by atoms with van der Waals surface area (Å²) in [5.74, 6) is 2.00. The lowest BCUT2D eigenvalue weighted by molar-refractivity contribution is -0.212. The van der Waals surface area contributed by atoms with Crippen LogP contribution >= 0.6 is 0 Å². The normalized spacial score (nSPS) is 37.4. The average molecular weight is 491 g/mol. The molecule has 3 unspecified atom stereocenters. The molecule has 4 bridgehead atoms. The Balaban J connectivity index is 1.25. The molecule has 3 atom stereocenters. The number of hydrogen-bond acceptors (Lipinski definition) is 6. The topological polar surface area (TPSA) is 78.9 Å². The predicted octanol–water partition coefficient (Wildman–Crippen LogP) is 5.85. The third-order valence-electron chi connectivity index (χ3n) is 10.0. The van der Waals surface area contributed by atoms with E-state index in [1.54, 1.807) is 0 Å². The Kier molecular flexibility index (Phi) is 7.34. The van der Waals surface area contributed by atoms with Crippen molar-refractivity contribution < 1.29 is 28.6 Å². The molecule has 0 amide bonds. The molecule has 35 heavy (non-hydrogen) atoms. The standard InChI is InChI=1S/C29H46O6/c1-7-28(5,26(32)35-29(6)21-13-19-12-20(15-21)16-22(29)14-19)10-8-9-18(2)11-23(30)34-24-25(31)33-17-27(24,3)4/h18-22,24H,7-17H2,1-6H3. The van der Waals surface area contributed by atoms with Gasteiger partial charge < -0.3 is 14.2 Å². The second-order valence-corrected chi connectivity index (χ2v) is 13.5. The van der Waals surface area contributed by atoms with Gasteiger partial charge in [0, 0.05) is 11.8 Å². The summed E-state index contributed by atoms with van der Waals surface area (Å²) in [6, 6.07) is 0. The van der Waals surface area contributed by atoms with Crippen molar-refractivity contribution in [2.45, 2.75) is 117 Å². The Hall–Kier alpha value is -1.59. The lowest BCUT2D eigenvalue weighted by Crippen LogP contribution is -2.58. The van der Waals surface area contributed by atoms with Crippen LogP contribution < -0.4 is 0 Å². The minimum absolute atomic E-state index is 0.0380. The summed E-state index contributed by atoms with van der Waals surface area (Å²) >= 11 is 0. The van der Waals surface area contributed by atoms with Crippen LogP contribution in [0.2, 0.25) is 0 Å². The first kappa shape index (κ1) is 26.5. The van der Waals surface area contributed by atoms with Crippen LogP contribution in [0.25, 0.3) is 0 Å². The largest absolute Gasteiger partial charge is 0.462 e. The van der Waals surface area contributed by atoms with Crippen molar-refractivity contribution in [2.75, 3.05) is 6.61 Å². The van der Waals surface area contributed by atoms with Crippen LogP contribution in [0.15, 0.2) is 0 Å². The molecule has 1 aliphatic heterocycles. The molecule has 198 valence electrons. The van der Waals surface area contributed by atoms with Gasteiger partial charge in [-0.05, 0) is 88.4 Å². The van der Waals surface area contributed by atoms with Crippen LogP contribution in [-0.4, -0.2) is 36.2 Å². The number of esters is 3. The molecule has 5 fully saturated rings. The van der Waals surface area contributed by atoms with E-state index in [0.29, 0.717) is 11.8 Å². The summed E-state index contributed by atoms with van der Waals surface area (Å²) in [4.78, 5) is 37.8. The fourth-order valence-electron chi connectivity index (χ4n) is 7.37. The predicted molar refractivity (Wildman–Crippen MR) is 132 cm³/mol. The highest BCUT2D eigenvalue weighted by atomic mass is 16.6. The van der Waals surface area contributed by atoms with Crippen molar-refractivity contribution in [2.24, 2.45) is 40.4 Å². The summed E-state index contributed by atoms with van der Waals surface area (Å²) in [7, 11) is 0. The molecule has 0 aromatic heterocycles. The molecule has 0 aromatic carbocycles. The van der Waals surface area contributed by atoms with Crippen molar-refractivity contribution in [3.8, 4) is 0 Å². The molecule has 0 radical (unpaired) electrons. The molecule has 0 spiro atoms. The van der Waals surface area contributed by atoms with E-state index in [9.17, 15) is 14.4 Å². The number of cyclic esters (lactones) is 1. The first-order valence-electron chi connectivity index (χ1n) is 14.0. The van der Waals surface area contributed by atoms with Crippen molar-refractivity contribution in [3.05, 3.63) is 0 Å². The third-order valence-corrected chi connectivity index (χ3v) is 10.0. The second kappa shape index (κ2) is 9.70. The van der Waals surface area contributed by atoms with Gasteiger partial charge in [0.25, 0.3) is 0 Å². The number of rotatable bonds is 10. The number of carbonyl (C=O) groups is 3. The molecule has 4 saturated carbocycles. The first-order valence-corrected chi connectivity index (χ1v) is 14.0. The highest BCUT2D eigenvalue weighted by Crippen LogP contribution is 2.59. The van der Waals surface area contributed by atoms with Crippen molar-refractivity contribution in [3.63, 3.8) is 0 Å². The second-order valence-electron chi connectivity index (χ2n) is 13.5. The van der Waals surface area contributed by atoms with E-state index in [-0.39, 0.29) is 36.5 Å². The highest BCUT2D eigenvalue weighted by molar-refractivity contribution is 5.82. The van der Waals surface area contributed by atoms with Crippen LogP contribution in [0.1, 0.15) is 106 Å². The van der Waals surface area contributed by atoms with E-state index in [4.69, 9.17) is 14.2 Å². The first-order chi connectivity index (χ1) is 16.4. The van der Waals surface area contributed by atoms with E-state index in [2.05, 4.69) is 13.8 Å². The summed E-state index contributed by atoms with van der Waals surface area (Å²) in [5, 5.41) is 0. The molecule has 1 saturated heterocycles. The van der Waals surface area contributed by atoms with E-state index >= 15 is 0 Å². The lowest BCUT2D eigenvalue weighted by Gasteiger charge is -2.59. The van der Waals surface area contributed by atoms with E-state index < -0.39 is 22.9 Å². The van der Waals surface area contributed by atoms with Crippen LogP contribution in [0, 0.1) is 40.4 Å². The van der Waals surface area contributed by atoms with Crippen LogP contribution in [-0.2, 0) is 28.6 Å². The Bertz CT molecular complexity index is 803. The molecule has 0 N–H and O–H groups in total. The molecule has 4 aliphatic carbocycles. The molecule has 1 heterocycles. The van der Waals surface area contributed by atoms with Gasteiger partial charge in [-0.15, -0.1) is 0 Å². The summed E-state index contributed by atoms with van der Waals surface area (Å²) < 4.78 is 17.0. The SMILES string of the molecule is CCC(C)(CCCC(C)CC(=O)OC1C(=O)OCC1(C)C)C(=O)OC1(C)C2CC3CC(C2)CC1C3. The van der Waals surface area contributed by atoms with Crippen molar-refractivity contribution in [1.82, 2.24) is 0 Å². The number of hydrogen-bond donors (Lipinski definition) is 0. The maximum atomic E-state index is 13.5. The Morgan fingerprint density at radius 1 is 1.09 bits per heavy atom. The van der Waals surface area contributed by atoms with Crippen LogP contribution in [0.5, 0.6) is 0 Å². The minimum atomic E-state index is -0.827. The molecular weight excluding hydrogens is 444 g/mol. The van der Waals surface area contributed by atoms with Gasteiger partial charge in [0.05, 0.1) is 5.41 Å². The summed E-state index contributed by atoms with van der Waals surface area (Å²) in [5.41, 5.74) is -1.30. The van der Waals surface area contributed by atoms with Gasteiger partial charge >= 0.3 is 17.9 Å². The molecular formula is C29H46O6. The average Bonchev–Trinajstić information content (AvgIpc) is 3.03. The Morgan fingerprint density at radius 2 is 1.69 bits per heavy atom. The maximum absolute atomic E-state index is 13.5. The summed E-state index contributed by atoms with van der Waals surface area (Å²) in [6.45, 7) is 12.4. The lowest BCUT2D eigenvalue weighted by atomic mass is 9.50. The Labute approximate surface area is 211 Å². The van der Waals surface area contributed by atoms with Gasteiger partial charge in [0.1, 0.15) is 12.2 Å². The van der Waals surface area contributed by atoms with E-state index in [1.165, 1.54) is 32.1 Å². The minimum Gasteiger partial charge on any atom is -0.462 e. The molecule has 0 aromatic rings. The number of carbonyl (C=O) groups excluding carboxylic acids is 3. The zero-order valence-electron chi connectivity index (χ0n) is 22.7. The smallest absolute Gasteiger partial charge is 0.348 e. The molecule has 6 nitrogen and oxygen atoms in total.